The van der Waals surface area contributed by atoms with Gasteiger partial charge in [-0.25, -0.2) is 4.79 Å². The highest BCUT2D eigenvalue weighted by Crippen LogP contribution is 2.25. The molecular weight excluding hydrogens is 312 g/mol. The van der Waals surface area contributed by atoms with E-state index in [1.54, 1.807) is 0 Å². The summed E-state index contributed by atoms with van der Waals surface area (Å²) in [6.07, 6.45) is 1.51. The van der Waals surface area contributed by atoms with Crippen LogP contribution in [0.15, 0.2) is 42.5 Å². The van der Waals surface area contributed by atoms with Crippen molar-refractivity contribution in [3.63, 3.8) is 0 Å². The van der Waals surface area contributed by atoms with Gasteiger partial charge < -0.3 is 19.7 Å². The fraction of sp³-hybridized carbons (Fsp3) is 0.222. The molecule has 0 unspecified atom stereocenters. The summed E-state index contributed by atoms with van der Waals surface area (Å²) in [7, 11) is 1.43. The Morgan fingerprint density at radius 2 is 1.79 bits per heavy atom. The lowest BCUT2D eigenvalue weighted by atomic mass is 10.2. The summed E-state index contributed by atoms with van der Waals surface area (Å²) in [6, 6.07) is 10.4. The Labute approximate surface area is 140 Å². The van der Waals surface area contributed by atoms with Gasteiger partial charge in [0.1, 0.15) is 12.0 Å². The van der Waals surface area contributed by atoms with Crippen molar-refractivity contribution in [2.24, 2.45) is 0 Å². The Morgan fingerprint density at radius 1 is 1.12 bits per heavy atom. The molecule has 0 amide bonds. The predicted molar refractivity (Wildman–Crippen MR) is 88.7 cm³/mol. The van der Waals surface area contributed by atoms with Gasteiger partial charge in [-0.15, -0.1) is 0 Å². The zero-order chi connectivity index (χ0) is 17.9. The zero-order valence-electron chi connectivity index (χ0n) is 13.6. The standard InChI is InChI=1S/C10H12O3.C8H8O3/c1-2-7-13-10(12)8-3-5-9(11)6-4-8;1-11-8-4-6(5-9)2-3-7(8)10/h3-6,11H,2,7H2,1H3;2-5,10H,1H3. The second kappa shape index (κ2) is 9.89. The molecule has 0 heterocycles. The van der Waals surface area contributed by atoms with Crippen LogP contribution in [0.3, 0.4) is 0 Å². The molecule has 2 rings (SSSR count). The second-order valence-corrected chi connectivity index (χ2v) is 4.73. The fourth-order valence-corrected chi connectivity index (χ4v) is 1.64. The maximum absolute atomic E-state index is 11.2. The van der Waals surface area contributed by atoms with Crippen LogP contribution in [0.4, 0.5) is 0 Å². The van der Waals surface area contributed by atoms with Crippen LogP contribution in [0.25, 0.3) is 0 Å². The predicted octanol–water partition coefficient (Wildman–Crippen LogP) is 3.17. The minimum atomic E-state index is -0.346. The lowest BCUT2D eigenvalue weighted by molar-refractivity contribution is 0.0505. The third kappa shape index (κ3) is 6.00. The molecule has 6 nitrogen and oxygen atoms in total. The van der Waals surface area contributed by atoms with Crippen molar-refractivity contribution in [2.45, 2.75) is 13.3 Å². The van der Waals surface area contributed by atoms with Crippen LogP contribution in [-0.2, 0) is 4.74 Å². The average molecular weight is 332 g/mol. The number of carbonyl (C=O) groups is 2. The number of carbonyl (C=O) groups excluding carboxylic acids is 2. The van der Waals surface area contributed by atoms with Gasteiger partial charge in [-0.3, -0.25) is 4.79 Å². The van der Waals surface area contributed by atoms with Crippen LogP contribution >= 0.6 is 0 Å². The van der Waals surface area contributed by atoms with E-state index in [1.807, 2.05) is 6.92 Å². The highest BCUT2D eigenvalue weighted by Gasteiger charge is 2.05. The number of hydrogen-bond acceptors (Lipinski definition) is 6. The zero-order valence-corrected chi connectivity index (χ0v) is 13.6. The summed E-state index contributed by atoms with van der Waals surface area (Å²) in [5.74, 6) is 0.154. The monoisotopic (exact) mass is 332 g/mol. The smallest absolute Gasteiger partial charge is 0.338 e. The van der Waals surface area contributed by atoms with Gasteiger partial charge in [0, 0.05) is 5.56 Å². The molecule has 2 N–H and O–H groups in total. The Hall–Kier alpha value is -3.02. The molecule has 0 aliphatic carbocycles. The number of benzene rings is 2. The lowest BCUT2D eigenvalue weighted by Crippen LogP contribution is -2.05. The van der Waals surface area contributed by atoms with Crippen molar-refractivity contribution >= 4 is 12.3 Å². The van der Waals surface area contributed by atoms with E-state index in [4.69, 9.17) is 19.7 Å². The Balaban J connectivity index is 0.000000243. The lowest BCUT2D eigenvalue weighted by Gasteiger charge is -2.02. The quantitative estimate of drug-likeness (QED) is 0.645. The van der Waals surface area contributed by atoms with Crippen molar-refractivity contribution in [1.82, 2.24) is 0 Å². The molecule has 24 heavy (non-hydrogen) atoms. The topological polar surface area (TPSA) is 93.1 Å². The van der Waals surface area contributed by atoms with E-state index >= 15 is 0 Å². The van der Waals surface area contributed by atoms with Crippen LogP contribution in [0.1, 0.15) is 34.1 Å². The van der Waals surface area contributed by atoms with Gasteiger partial charge in [-0.1, -0.05) is 6.92 Å². The largest absolute Gasteiger partial charge is 0.508 e. The summed E-state index contributed by atoms with van der Waals surface area (Å²) < 4.78 is 9.68. The van der Waals surface area contributed by atoms with E-state index in [1.165, 1.54) is 49.6 Å². The molecule has 0 radical (unpaired) electrons. The summed E-state index contributed by atoms with van der Waals surface area (Å²) in [4.78, 5) is 21.5. The molecule has 0 saturated heterocycles. The third-order valence-electron chi connectivity index (χ3n) is 2.88. The molecule has 0 atom stereocenters. The summed E-state index contributed by atoms with van der Waals surface area (Å²) in [6.45, 7) is 2.36. The number of esters is 1. The van der Waals surface area contributed by atoms with E-state index in [0.29, 0.717) is 29.8 Å². The number of phenols is 2. The van der Waals surface area contributed by atoms with Crippen molar-refractivity contribution in [3.05, 3.63) is 53.6 Å². The van der Waals surface area contributed by atoms with Gasteiger partial charge >= 0.3 is 5.97 Å². The van der Waals surface area contributed by atoms with Gasteiger partial charge in [0.15, 0.2) is 11.5 Å². The van der Waals surface area contributed by atoms with Crippen LogP contribution in [0, 0.1) is 0 Å². The van der Waals surface area contributed by atoms with Crippen LogP contribution in [0.2, 0.25) is 0 Å². The highest BCUT2D eigenvalue weighted by molar-refractivity contribution is 5.89. The maximum atomic E-state index is 11.2. The number of aromatic hydroxyl groups is 2. The molecule has 2 aromatic rings. The number of ether oxygens (including phenoxy) is 2. The van der Waals surface area contributed by atoms with E-state index in [2.05, 4.69) is 0 Å². The minimum absolute atomic E-state index is 0.0399. The summed E-state index contributed by atoms with van der Waals surface area (Å²) >= 11 is 0. The molecule has 0 fully saturated rings. The van der Waals surface area contributed by atoms with Gasteiger partial charge in [0.2, 0.25) is 0 Å². The fourth-order valence-electron chi connectivity index (χ4n) is 1.64. The van der Waals surface area contributed by atoms with Crippen molar-refractivity contribution in [1.29, 1.82) is 0 Å². The first-order chi connectivity index (χ1) is 11.5. The molecule has 0 saturated carbocycles. The van der Waals surface area contributed by atoms with Crippen molar-refractivity contribution in [2.75, 3.05) is 13.7 Å². The Kier molecular flexibility index (Phi) is 7.84. The normalized spacial score (nSPS) is 9.42. The first-order valence-electron chi connectivity index (χ1n) is 7.30. The van der Waals surface area contributed by atoms with Gasteiger partial charge in [0.05, 0.1) is 19.3 Å². The van der Waals surface area contributed by atoms with Crippen LogP contribution in [-0.4, -0.2) is 36.2 Å². The molecule has 6 heteroatoms. The molecule has 2 aromatic carbocycles. The molecule has 0 aliphatic heterocycles. The Morgan fingerprint density at radius 3 is 2.33 bits per heavy atom. The Bertz CT molecular complexity index is 664. The van der Waals surface area contributed by atoms with E-state index in [-0.39, 0.29) is 17.5 Å². The SMILES string of the molecule is CCCOC(=O)c1ccc(O)cc1.COc1cc(C=O)ccc1O. The number of aldehydes is 1. The van der Waals surface area contributed by atoms with Crippen LogP contribution < -0.4 is 4.74 Å². The van der Waals surface area contributed by atoms with Gasteiger partial charge in [-0.05, 0) is 48.9 Å². The number of hydrogen-bond donors (Lipinski definition) is 2. The molecule has 0 spiro atoms. The number of rotatable bonds is 5. The number of phenolic OH excluding ortho intramolecular Hbond substituents is 2. The van der Waals surface area contributed by atoms with E-state index < -0.39 is 0 Å². The van der Waals surface area contributed by atoms with Gasteiger partial charge in [-0.2, -0.15) is 0 Å². The van der Waals surface area contributed by atoms with Crippen LogP contribution in [0.5, 0.6) is 17.2 Å². The summed E-state index contributed by atoms with van der Waals surface area (Å²) in [5.41, 5.74) is 0.950. The molecule has 0 bridgehead atoms. The first-order valence-corrected chi connectivity index (χ1v) is 7.30. The van der Waals surface area contributed by atoms with E-state index in [9.17, 15) is 9.59 Å². The molecule has 128 valence electrons. The van der Waals surface area contributed by atoms with Crippen molar-refractivity contribution in [3.8, 4) is 17.2 Å². The van der Waals surface area contributed by atoms with Crippen molar-refractivity contribution < 1.29 is 29.3 Å². The van der Waals surface area contributed by atoms with Gasteiger partial charge in [0.25, 0.3) is 0 Å². The van der Waals surface area contributed by atoms with E-state index in [0.717, 1.165) is 6.42 Å². The minimum Gasteiger partial charge on any atom is -0.508 e. The summed E-state index contributed by atoms with van der Waals surface area (Å²) in [5, 5.41) is 18.1. The second-order valence-electron chi connectivity index (χ2n) is 4.73. The highest BCUT2D eigenvalue weighted by atomic mass is 16.5. The molecule has 0 aromatic heterocycles. The maximum Gasteiger partial charge on any atom is 0.338 e. The third-order valence-corrected chi connectivity index (χ3v) is 2.88. The number of methoxy groups -OCH3 is 1. The molecular formula is C18H20O6. The molecule has 0 aliphatic rings. The average Bonchev–Trinajstić information content (AvgIpc) is 2.61. The first kappa shape index (κ1) is 19.0.